The molecule has 9 heteroatoms. The van der Waals surface area contributed by atoms with Crippen molar-refractivity contribution < 1.29 is 14.5 Å². The van der Waals surface area contributed by atoms with Crippen LogP contribution < -0.4 is 5.56 Å². The molecule has 0 saturated heterocycles. The van der Waals surface area contributed by atoms with Crippen molar-refractivity contribution >= 4 is 23.3 Å². The average Bonchev–Trinajstić information content (AvgIpc) is 2.58. The molecule has 0 aliphatic heterocycles. The van der Waals surface area contributed by atoms with Crippen molar-refractivity contribution in [1.82, 2.24) is 9.78 Å². The molecule has 0 N–H and O–H groups in total. The number of nitrogens with zero attached hydrogens (tertiary/aromatic N) is 3. The van der Waals surface area contributed by atoms with Crippen molar-refractivity contribution in [2.45, 2.75) is 13.5 Å². The number of rotatable bonds is 6. The minimum Gasteiger partial charge on any atom is -0.462 e. The highest BCUT2D eigenvalue weighted by molar-refractivity contribution is 6.35. The molecule has 0 unspecified atom stereocenters. The third-order valence-corrected chi connectivity index (χ3v) is 3.58. The van der Waals surface area contributed by atoms with Gasteiger partial charge in [0.2, 0.25) is 0 Å². The van der Waals surface area contributed by atoms with E-state index in [-0.39, 0.29) is 35.1 Å². The fraction of sp³-hybridized carbons (Fsp3) is 0.188. The highest BCUT2D eigenvalue weighted by Crippen LogP contribution is 2.29. The SMILES string of the molecule is C=CCn1nc(-c2cccc([N+](=O)[O-])c2)c(Cl)c(C(=O)OCC)c1=O. The van der Waals surface area contributed by atoms with Gasteiger partial charge < -0.3 is 4.74 Å². The fourth-order valence-corrected chi connectivity index (χ4v) is 2.43. The van der Waals surface area contributed by atoms with Crippen LogP contribution in [0.3, 0.4) is 0 Å². The molecule has 0 atom stereocenters. The van der Waals surface area contributed by atoms with Crippen LogP contribution in [0.1, 0.15) is 17.3 Å². The smallest absolute Gasteiger partial charge is 0.345 e. The first-order valence-electron chi connectivity index (χ1n) is 7.24. The molecule has 0 fully saturated rings. The number of esters is 1. The standard InChI is InChI=1S/C16H14ClN3O5/c1-3-8-19-15(21)12(16(22)25-4-2)13(17)14(18-19)10-6-5-7-11(9-10)20(23)24/h3,5-7,9H,1,4,8H2,2H3. The summed E-state index contributed by atoms with van der Waals surface area (Å²) in [5.41, 5.74) is -0.911. The Hall–Kier alpha value is -3.00. The second-order valence-corrected chi connectivity index (χ2v) is 5.22. The molecule has 2 aromatic rings. The number of ether oxygens (including phenoxy) is 1. The van der Waals surface area contributed by atoms with Crippen molar-refractivity contribution in [3.8, 4) is 11.3 Å². The van der Waals surface area contributed by atoms with Crippen LogP contribution in [0.4, 0.5) is 5.69 Å². The van der Waals surface area contributed by atoms with Gasteiger partial charge in [-0.25, -0.2) is 9.48 Å². The summed E-state index contributed by atoms with van der Waals surface area (Å²) in [6.07, 6.45) is 1.43. The van der Waals surface area contributed by atoms with Gasteiger partial charge >= 0.3 is 5.97 Å². The van der Waals surface area contributed by atoms with E-state index >= 15 is 0 Å². The molecule has 0 amide bonds. The van der Waals surface area contributed by atoms with Crippen LogP contribution in [-0.4, -0.2) is 27.3 Å². The van der Waals surface area contributed by atoms with Gasteiger partial charge in [-0.1, -0.05) is 29.8 Å². The maximum absolute atomic E-state index is 12.4. The molecule has 8 nitrogen and oxygen atoms in total. The third kappa shape index (κ3) is 3.74. The lowest BCUT2D eigenvalue weighted by atomic mass is 10.1. The number of allylic oxidation sites excluding steroid dienone is 1. The van der Waals surface area contributed by atoms with Crippen LogP contribution in [-0.2, 0) is 11.3 Å². The Morgan fingerprint density at radius 3 is 2.84 bits per heavy atom. The van der Waals surface area contributed by atoms with E-state index in [1.54, 1.807) is 13.0 Å². The fourth-order valence-electron chi connectivity index (χ4n) is 2.13. The van der Waals surface area contributed by atoms with Crippen LogP contribution in [0, 0.1) is 10.1 Å². The normalized spacial score (nSPS) is 10.3. The van der Waals surface area contributed by atoms with E-state index in [0.29, 0.717) is 5.56 Å². The molecule has 0 radical (unpaired) electrons. The topological polar surface area (TPSA) is 104 Å². The lowest BCUT2D eigenvalue weighted by Gasteiger charge is -2.11. The molecular weight excluding hydrogens is 350 g/mol. The van der Waals surface area contributed by atoms with Gasteiger partial charge in [0.15, 0.2) is 0 Å². The van der Waals surface area contributed by atoms with E-state index in [2.05, 4.69) is 11.7 Å². The quantitative estimate of drug-likeness (QED) is 0.338. The first-order chi connectivity index (χ1) is 11.9. The summed E-state index contributed by atoms with van der Waals surface area (Å²) in [5.74, 6) is -0.885. The zero-order valence-corrected chi connectivity index (χ0v) is 14.0. The number of benzene rings is 1. The molecular formula is C16H14ClN3O5. The molecule has 0 aliphatic rings. The number of hydrogen-bond donors (Lipinski definition) is 0. The number of halogens is 1. The van der Waals surface area contributed by atoms with Gasteiger partial charge in [-0.15, -0.1) is 6.58 Å². The molecule has 25 heavy (non-hydrogen) atoms. The predicted octanol–water partition coefficient (Wildman–Crippen LogP) is 2.83. The second-order valence-electron chi connectivity index (χ2n) is 4.84. The Morgan fingerprint density at radius 2 is 2.24 bits per heavy atom. The molecule has 1 heterocycles. The first kappa shape index (κ1) is 18.3. The Balaban J connectivity index is 2.75. The van der Waals surface area contributed by atoms with E-state index in [4.69, 9.17) is 16.3 Å². The molecule has 0 spiro atoms. The summed E-state index contributed by atoms with van der Waals surface area (Å²) >= 11 is 6.21. The summed E-state index contributed by atoms with van der Waals surface area (Å²) in [7, 11) is 0. The lowest BCUT2D eigenvalue weighted by Crippen LogP contribution is -2.30. The number of carbonyl (C=O) groups is 1. The van der Waals surface area contributed by atoms with Gasteiger partial charge in [-0.05, 0) is 6.92 Å². The van der Waals surface area contributed by atoms with E-state index in [9.17, 15) is 19.7 Å². The van der Waals surface area contributed by atoms with E-state index < -0.39 is 16.5 Å². The Kier molecular flexibility index (Phi) is 5.66. The summed E-state index contributed by atoms with van der Waals surface area (Å²) in [4.78, 5) is 34.9. The van der Waals surface area contributed by atoms with Gasteiger partial charge in [-0.2, -0.15) is 5.10 Å². The zero-order valence-electron chi connectivity index (χ0n) is 13.3. The van der Waals surface area contributed by atoms with Crippen LogP contribution in [0.25, 0.3) is 11.3 Å². The van der Waals surface area contributed by atoms with Crippen molar-refractivity contribution in [1.29, 1.82) is 0 Å². The Morgan fingerprint density at radius 1 is 1.52 bits per heavy atom. The minimum atomic E-state index is -0.885. The van der Waals surface area contributed by atoms with Crippen LogP contribution in [0.15, 0.2) is 41.7 Å². The first-order valence-corrected chi connectivity index (χ1v) is 7.62. The Bertz CT molecular complexity index is 907. The third-order valence-electron chi connectivity index (χ3n) is 3.21. The molecule has 0 bridgehead atoms. The molecule has 0 aliphatic carbocycles. The highest BCUT2D eigenvalue weighted by Gasteiger charge is 2.24. The van der Waals surface area contributed by atoms with Crippen LogP contribution in [0.2, 0.25) is 5.02 Å². The molecule has 1 aromatic heterocycles. The zero-order chi connectivity index (χ0) is 18.6. The second kappa shape index (κ2) is 7.71. The minimum absolute atomic E-state index is 0.0321. The van der Waals surface area contributed by atoms with E-state index in [0.717, 1.165) is 4.68 Å². The number of nitro benzene ring substituents is 1. The molecule has 0 saturated carbocycles. The number of carbonyl (C=O) groups excluding carboxylic acids is 1. The summed E-state index contributed by atoms with van der Waals surface area (Å²) in [5, 5.41) is 14.9. The number of hydrogen-bond acceptors (Lipinski definition) is 6. The maximum atomic E-state index is 12.4. The number of nitro groups is 1. The van der Waals surface area contributed by atoms with Gasteiger partial charge in [0.05, 0.1) is 23.1 Å². The van der Waals surface area contributed by atoms with Gasteiger partial charge in [0.1, 0.15) is 11.3 Å². The molecule has 2 rings (SSSR count). The monoisotopic (exact) mass is 363 g/mol. The number of aromatic nitrogens is 2. The van der Waals surface area contributed by atoms with Crippen molar-refractivity contribution in [2.24, 2.45) is 0 Å². The Labute approximate surface area is 147 Å². The summed E-state index contributed by atoms with van der Waals surface area (Å²) in [6.45, 7) is 5.22. The maximum Gasteiger partial charge on any atom is 0.345 e. The van der Waals surface area contributed by atoms with Gasteiger partial charge in [0.25, 0.3) is 11.2 Å². The predicted molar refractivity (Wildman–Crippen MR) is 91.8 cm³/mol. The lowest BCUT2D eigenvalue weighted by molar-refractivity contribution is -0.384. The van der Waals surface area contributed by atoms with Gasteiger partial charge in [0, 0.05) is 17.7 Å². The largest absolute Gasteiger partial charge is 0.462 e. The van der Waals surface area contributed by atoms with Crippen molar-refractivity contribution in [3.63, 3.8) is 0 Å². The average molecular weight is 364 g/mol. The van der Waals surface area contributed by atoms with Gasteiger partial charge in [-0.3, -0.25) is 14.9 Å². The van der Waals surface area contributed by atoms with Crippen molar-refractivity contribution in [3.05, 3.63) is 68.0 Å². The van der Waals surface area contributed by atoms with Crippen molar-refractivity contribution in [2.75, 3.05) is 6.61 Å². The van der Waals surface area contributed by atoms with Crippen LogP contribution >= 0.6 is 11.6 Å². The number of non-ortho nitro benzene ring substituents is 1. The molecule has 130 valence electrons. The summed E-state index contributed by atoms with van der Waals surface area (Å²) < 4.78 is 5.88. The van der Waals surface area contributed by atoms with Crippen LogP contribution in [0.5, 0.6) is 0 Å². The van der Waals surface area contributed by atoms with E-state index in [1.807, 2.05) is 0 Å². The van der Waals surface area contributed by atoms with E-state index in [1.165, 1.54) is 24.3 Å². The summed E-state index contributed by atoms with van der Waals surface area (Å²) in [6, 6.07) is 5.56. The molecule has 1 aromatic carbocycles. The highest BCUT2D eigenvalue weighted by atomic mass is 35.5.